The molecule has 30 heavy (non-hydrogen) atoms. The van der Waals surface area contributed by atoms with E-state index in [0.717, 1.165) is 18.4 Å². The standard InChI is InChI=1S/C22H31ClN2O5/c23-17-3-1-2-16(10-17)12-25-13-18(26)14-29-15-21-20(25)5-4-19(30-21)11-22(27)24-6-8-28-9-7-24/h1-3,10,18-21,26H,4-9,11-15H2/t18-,19-,20+,21-/m0/s1. The van der Waals surface area contributed by atoms with Gasteiger partial charge < -0.3 is 24.2 Å². The van der Waals surface area contributed by atoms with Gasteiger partial charge in [0.25, 0.3) is 0 Å². The number of morpholine rings is 1. The van der Waals surface area contributed by atoms with Crippen LogP contribution in [0.2, 0.25) is 5.02 Å². The molecule has 1 aromatic rings. The molecule has 1 N–H and O–H groups in total. The van der Waals surface area contributed by atoms with E-state index in [-0.39, 0.29) is 30.8 Å². The molecule has 8 heteroatoms. The van der Waals surface area contributed by atoms with E-state index in [1.54, 1.807) is 0 Å². The van der Waals surface area contributed by atoms with Gasteiger partial charge in [-0.1, -0.05) is 23.7 Å². The zero-order chi connectivity index (χ0) is 20.9. The number of aliphatic hydroxyl groups excluding tert-OH is 1. The molecule has 0 aromatic heterocycles. The van der Waals surface area contributed by atoms with Gasteiger partial charge >= 0.3 is 0 Å². The lowest BCUT2D eigenvalue weighted by Gasteiger charge is -2.44. The van der Waals surface area contributed by atoms with Crippen molar-refractivity contribution >= 4 is 17.5 Å². The monoisotopic (exact) mass is 438 g/mol. The number of halogens is 1. The van der Waals surface area contributed by atoms with Crippen LogP contribution in [0.1, 0.15) is 24.8 Å². The molecule has 166 valence electrons. The minimum atomic E-state index is -0.536. The average Bonchev–Trinajstić information content (AvgIpc) is 2.73. The number of benzene rings is 1. The number of hydrogen-bond acceptors (Lipinski definition) is 6. The number of carbonyl (C=O) groups excluding carboxylic acids is 1. The lowest BCUT2D eigenvalue weighted by Crippen LogP contribution is -2.55. The Morgan fingerprint density at radius 1 is 1.17 bits per heavy atom. The lowest BCUT2D eigenvalue weighted by atomic mass is 9.94. The van der Waals surface area contributed by atoms with E-state index in [1.807, 2.05) is 23.1 Å². The number of amides is 1. The van der Waals surface area contributed by atoms with Crippen molar-refractivity contribution in [2.75, 3.05) is 46.1 Å². The van der Waals surface area contributed by atoms with Crippen LogP contribution in [0.15, 0.2) is 24.3 Å². The van der Waals surface area contributed by atoms with Crippen LogP contribution in [0.5, 0.6) is 0 Å². The SMILES string of the molecule is O=C(C[C@@H]1CC[C@@H]2[C@H](COC[C@@H](O)CN2Cc2cccc(Cl)c2)O1)N1CCOCC1. The first-order chi connectivity index (χ1) is 14.6. The molecule has 3 fully saturated rings. The molecule has 4 atom stereocenters. The normalized spacial score (nSPS) is 30.9. The molecule has 4 rings (SSSR count). The first kappa shape index (κ1) is 22.0. The van der Waals surface area contributed by atoms with Gasteiger partial charge in [0.1, 0.15) is 0 Å². The Kier molecular flexibility index (Phi) is 7.62. The van der Waals surface area contributed by atoms with E-state index >= 15 is 0 Å². The zero-order valence-corrected chi connectivity index (χ0v) is 18.0. The van der Waals surface area contributed by atoms with E-state index in [4.69, 9.17) is 25.8 Å². The summed E-state index contributed by atoms with van der Waals surface area (Å²) in [5.74, 6) is 0.139. The number of β-amino-alcohol motifs (C(OH)–C–C–N with tert-alkyl or cyclic N) is 1. The van der Waals surface area contributed by atoms with Gasteiger partial charge in [-0.15, -0.1) is 0 Å². The van der Waals surface area contributed by atoms with Crippen molar-refractivity contribution in [1.82, 2.24) is 9.80 Å². The van der Waals surface area contributed by atoms with Crippen LogP contribution in [0, 0.1) is 0 Å². The smallest absolute Gasteiger partial charge is 0.225 e. The predicted molar refractivity (Wildman–Crippen MR) is 112 cm³/mol. The largest absolute Gasteiger partial charge is 0.389 e. The van der Waals surface area contributed by atoms with Crippen molar-refractivity contribution in [3.63, 3.8) is 0 Å². The number of ether oxygens (including phenoxy) is 3. The van der Waals surface area contributed by atoms with Crippen molar-refractivity contribution in [2.24, 2.45) is 0 Å². The summed E-state index contributed by atoms with van der Waals surface area (Å²) in [7, 11) is 0. The molecule has 0 unspecified atom stereocenters. The molecule has 3 aliphatic heterocycles. The summed E-state index contributed by atoms with van der Waals surface area (Å²) < 4.78 is 17.4. The highest BCUT2D eigenvalue weighted by atomic mass is 35.5. The summed E-state index contributed by atoms with van der Waals surface area (Å²) in [6.07, 6.45) is 1.38. The third kappa shape index (κ3) is 5.72. The van der Waals surface area contributed by atoms with Gasteiger partial charge in [-0.05, 0) is 30.5 Å². The quantitative estimate of drug-likeness (QED) is 0.771. The molecule has 0 aliphatic carbocycles. The van der Waals surface area contributed by atoms with Crippen LogP contribution in [0.25, 0.3) is 0 Å². The lowest BCUT2D eigenvalue weighted by molar-refractivity contribution is -0.162. The second kappa shape index (κ2) is 10.4. The molecular weight excluding hydrogens is 408 g/mol. The third-order valence-corrected chi connectivity index (χ3v) is 6.36. The maximum absolute atomic E-state index is 12.6. The highest BCUT2D eigenvalue weighted by molar-refractivity contribution is 6.30. The maximum atomic E-state index is 12.6. The molecule has 0 bridgehead atoms. The minimum absolute atomic E-state index is 0.0948. The zero-order valence-electron chi connectivity index (χ0n) is 17.2. The number of carbonyl (C=O) groups is 1. The minimum Gasteiger partial charge on any atom is -0.389 e. The van der Waals surface area contributed by atoms with Gasteiger partial charge in [-0.25, -0.2) is 0 Å². The van der Waals surface area contributed by atoms with Crippen LogP contribution in [-0.4, -0.2) is 91.2 Å². The highest BCUT2D eigenvalue weighted by Gasteiger charge is 2.38. The van der Waals surface area contributed by atoms with Gasteiger partial charge in [0.15, 0.2) is 0 Å². The Hall–Kier alpha value is -1.22. The molecule has 7 nitrogen and oxygen atoms in total. The van der Waals surface area contributed by atoms with E-state index in [9.17, 15) is 9.90 Å². The second-order valence-corrected chi connectivity index (χ2v) is 8.83. The molecule has 0 radical (unpaired) electrons. The number of hydrogen-bond donors (Lipinski definition) is 1. The summed E-state index contributed by atoms with van der Waals surface area (Å²) in [5, 5.41) is 11.0. The van der Waals surface area contributed by atoms with Crippen LogP contribution in [-0.2, 0) is 25.5 Å². The van der Waals surface area contributed by atoms with E-state index < -0.39 is 6.10 Å². The van der Waals surface area contributed by atoms with Gasteiger partial charge in [0.2, 0.25) is 5.91 Å². The molecular formula is C22H31ClN2O5. The summed E-state index contributed by atoms with van der Waals surface area (Å²) in [6, 6.07) is 7.96. The van der Waals surface area contributed by atoms with Gasteiger partial charge in [0, 0.05) is 37.2 Å². The topological polar surface area (TPSA) is 71.5 Å². The van der Waals surface area contributed by atoms with Crippen LogP contribution >= 0.6 is 11.6 Å². The molecule has 0 saturated carbocycles. The predicted octanol–water partition coefficient (Wildman–Crippen LogP) is 1.70. The van der Waals surface area contributed by atoms with E-state index in [2.05, 4.69) is 11.0 Å². The van der Waals surface area contributed by atoms with Crippen molar-refractivity contribution in [3.8, 4) is 0 Å². The Morgan fingerprint density at radius 3 is 2.80 bits per heavy atom. The fourth-order valence-corrected chi connectivity index (χ4v) is 4.85. The molecule has 3 aliphatic rings. The van der Waals surface area contributed by atoms with Crippen LogP contribution in [0.4, 0.5) is 0 Å². The van der Waals surface area contributed by atoms with Crippen molar-refractivity contribution < 1.29 is 24.1 Å². The van der Waals surface area contributed by atoms with Crippen molar-refractivity contribution in [1.29, 1.82) is 0 Å². The molecule has 3 heterocycles. The third-order valence-electron chi connectivity index (χ3n) is 6.13. The molecule has 1 amide bonds. The summed E-state index contributed by atoms with van der Waals surface area (Å²) in [5.41, 5.74) is 1.11. The Bertz CT molecular complexity index is 715. The van der Waals surface area contributed by atoms with E-state index in [0.29, 0.717) is 57.4 Å². The fourth-order valence-electron chi connectivity index (χ4n) is 4.63. The Balaban J connectivity index is 1.40. The average molecular weight is 439 g/mol. The number of aliphatic hydroxyl groups is 1. The van der Waals surface area contributed by atoms with Crippen molar-refractivity contribution in [3.05, 3.63) is 34.9 Å². The summed E-state index contributed by atoms with van der Waals surface area (Å²) >= 11 is 6.16. The fraction of sp³-hybridized carbons (Fsp3) is 0.682. The number of nitrogens with zero attached hydrogens (tertiary/aromatic N) is 2. The van der Waals surface area contributed by atoms with Crippen LogP contribution < -0.4 is 0 Å². The van der Waals surface area contributed by atoms with Gasteiger partial charge in [-0.2, -0.15) is 0 Å². The molecule has 0 spiro atoms. The van der Waals surface area contributed by atoms with E-state index in [1.165, 1.54) is 0 Å². The van der Waals surface area contributed by atoms with Crippen LogP contribution in [0.3, 0.4) is 0 Å². The number of fused-ring (bicyclic) bond motifs is 1. The molecule has 1 aromatic carbocycles. The Labute approximate surface area is 182 Å². The summed E-state index contributed by atoms with van der Waals surface area (Å²) in [4.78, 5) is 16.8. The highest BCUT2D eigenvalue weighted by Crippen LogP contribution is 2.29. The van der Waals surface area contributed by atoms with Crippen molar-refractivity contribution in [2.45, 2.75) is 50.2 Å². The first-order valence-corrected chi connectivity index (χ1v) is 11.2. The maximum Gasteiger partial charge on any atom is 0.225 e. The first-order valence-electron chi connectivity index (χ1n) is 10.8. The number of rotatable bonds is 4. The summed E-state index contributed by atoms with van der Waals surface area (Å²) in [6.45, 7) is 4.46. The second-order valence-electron chi connectivity index (χ2n) is 8.39. The molecule has 3 saturated heterocycles. The van der Waals surface area contributed by atoms with Gasteiger partial charge in [-0.3, -0.25) is 9.69 Å². The van der Waals surface area contributed by atoms with Gasteiger partial charge in [0.05, 0.1) is 51.2 Å². The Morgan fingerprint density at radius 2 is 2.00 bits per heavy atom.